The van der Waals surface area contributed by atoms with Crippen molar-refractivity contribution in [1.29, 1.82) is 10.5 Å². The lowest BCUT2D eigenvalue weighted by atomic mass is 10.4. The number of carbonyl (C=O) groups is 3. The summed E-state index contributed by atoms with van der Waals surface area (Å²) in [4.78, 5) is 29.7. The molecule has 0 aliphatic rings. The van der Waals surface area contributed by atoms with E-state index in [4.69, 9.17) is 20.4 Å². The Morgan fingerprint density at radius 3 is 1.62 bits per heavy atom. The highest BCUT2D eigenvalue weighted by atomic mass is 19.1. The molecule has 0 fully saturated rings. The van der Waals surface area contributed by atoms with E-state index in [-0.39, 0.29) is 0 Å². The zero-order valence-corrected chi connectivity index (χ0v) is 7.97. The van der Waals surface area contributed by atoms with Crippen molar-refractivity contribution < 1.29 is 28.6 Å². The standard InChI is InChI=1S/C6H4N2O3.C2H3FO2/c7-3-1-5(9)11-6(10)2-4-8;3-1-2(4)5/h1-2H2;1H2,(H,4,5). The molecule has 0 aromatic carbocycles. The van der Waals surface area contributed by atoms with Crippen LogP contribution in [0.25, 0.3) is 0 Å². The lowest BCUT2D eigenvalue weighted by molar-refractivity contribution is -0.158. The number of halogens is 1. The summed E-state index contributed by atoms with van der Waals surface area (Å²) >= 11 is 0. The molecular formula is C8H7FN2O5. The SMILES string of the molecule is N#CCC(=O)OC(=O)CC#N.O=C(O)CF. The molecule has 7 nitrogen and oxygen atoms in total. The Bertz CT molecular complexity index is 315. The minimum absolute atomic E-state index is 0.475. The molecule has 0 atom stereocenters. The van der Waals surface area contributed by atoms with E-state index in [0.717, 1.165) is 0 Å². The second kappa shape index (κ2) is 10.6. The average Bonchev–Trinajstić information content (AvgIpc) is 2.19. The van der Waals surface area contributed by atoms with E-state index in [1.54, 1.807) is 0 Å². The zero-order chi connectivity index (χ0) is 13.0. The summed E-state index contributed by atoms with van der Waals surface area (Å²) < 4.78 is 14.5. The highest BCUT2D eigenvalue weighted by molar-refractivity contribution is 5.87. The number of nitrogens with zero attached hydrogens (tertiary/aromatic N) is 2. The summed E-state index contributed by atoms with van der Waals surface area (Å²) in [7, 11) is 0. The van der Waals surface area contributed by atoms with Gasteiger partial charge in [0.2, 0.25) is 0 Å². The first-order valence-corrected chi connectivity index (χ1v) is 3.73. The highest BCUT2D eigenvalue weighted by Gasteiger charge is 2.08. The minimum atomic E-state index is -1.41. The second-order valence-corrected chi connectivity index (χ2v) is 2.04. The first-order valence-electron chi connectivity index (χ1n) is 3.73. The van der Waals surface area contributed by atoms with Gasteiger partial charge >= 0.3 is 17.9 Å². The van der Waals surface area contributed by atoms with E-state index in [1.807, 2.05) is 0 Å². The van der Waals surface area contributed by atoms with Crippen LogP contribution in [0.4, 0.5) is 4.39 Å². The smallest absolute Gasteiger partial charge is 0.335 e. The second-order valence-electron chi connectivity index (χ2n) is 2.04. The van der Waals surface area contributed by atoms with Crippen molar-refractivity contribution in [3.63, 3.8) is 0 Å². The van der Waals surface area contributed by atoms with Crippen LogP contribution >= 0.6 is 0 Å². The van der Waals surface area contributed by atoms with Crippen LogP contribution in [0.2, 0.25) is 0 Å². The fourth-order valence-corrected chi connectivity index (χ4v) is 0.328. The molecule has 0 saturated heterocycles. The Labute approximate surface area is 89.6 Å². The van der Waals surface area contributed by atoms with Crippen LogP contribution in [0.5, 0.6) is 0 Å². The normalized spacial score (nSPS) is 7.44. The van der Waals surface area contributed by atoms with Crippen molar-refractivity contribution in [2.45, 2.75) is 12.8 Å². The lowest BCUT2D eigenvalue weighted by Gasteiger charge is -1.93. The van der Waals surface area contributed by atoms with Crippen LogP contribution in [-0.2, 0) is 19.1 Å². The molecule has 8 heteroatoms. The molecule has 0 bridgehead atoms. The Balaban J connectivity index is 0. The summed E-state index contributed by atoms with van der Waals surface area (Å²) in [6.07, 6.45) is -0.950. The molecule has 1 N–H and O–H groups in total. The minimum Gasteiger partial charge on any atom is -0.479 e. The van der Waals surface area contributed by atoms with Gasteiger partial charge in [0.25, 0.3) is 0 Å². The van der Waals surface area contributed by atoms with Gasteiger partial charge in [-0.2, -0.15) is 10.5 Å². The van der Waals surface area contributed by atoms with E-state index in [1.165, 1.54) is 12.1 Å². The average molecular weight is 230 g/mol. The van der Waals surface area contributed by atoms with Crippen molar-refractivity contribution in [3.8, 4) is 12.1 Å². The van der Waals surface area contributed by atoms with Gasteiger partial charge in [0.15, 0.2) is 6.67 Å². The molecule has 0 aromatic rings. The molecule has 0 rings (SSSR count). The van der Waals surface area contributed by atoms with Gasteiger partial charge in [-0.05, 0) is 0 Å². The van der Waals surface area contributed by atoms with Crippen LogP contribution in [0.3, 0.4) is 0 Å². The van der Waals surface area contributed by atoms with Crippen molar-refractivity contribution in [2.24, 2.45) is 0 Å². The summed E-state index contributed by atoms with van der Waals surface area (Å²) in [5.74, 6) is -3.26. The summed E-state index contributed by atoms with van der Waals surface area (Å²) in [6, 6.07) is 3.01. The molecule has 0 aliphatic carbocycles. The van der Waals surface area contributed by atoms with Crippen LogP contribution in [-0.4, -0.2) is 29.7 Å². The Morgan fingerprint density at radius 1 is 1.12 bits per heavy atom. The van der Waals surface area contributed by atoms with E-state index in [9.17, 15) is 14.0 Å². The number of nitriles is 2. The number of carbonyl (C=O) groups excluding carboxylic acids is 2. The van der Waals surface area contributed by atoms with Crippen LogP contribution in [0.15, 0.2) is 0 Å². The van der Waals surface area contributed by atoms with E-state index in [0.29, 0.717) is 0 Å². The Kier molecular flexibility index (Phi) is 10.6. The van der Waals surface area contributed by atoms with Crippen molar-refractivity contribution in [1.82, 2.24) is 0 Å². The number of carboxylic acid groups (broad SMARTS) is 1. The number of esters is 2. The molecule has 0 aromatic heterocycles. The largest absolute Gasteiger partial charge is 0.479 e. The first-order chi connectivity index (χ1) is 7.47. The molecule has 86 valence electrons. The van der Waals surface area contributed by atoms with Gasteiger partial charge < -0.3 is 9.84 Å². The quantitative estimate of drug-likeness (QED) is 0.530. The number of rotatable bonds is 3. The number of carboxylic acids is 1. The fourth-order valence-electron chi connectivity index (χ4n) is 0.328. The van der Waals surface area contributed by atoms with E-state index < -0.39 is 37.4 Å². The topological polar surface area (TPSA) is 128 Å². The lowest BCUT2D eigenvalue weighted by Crippen LogP contribution is -2.10. The number of ether oxygens (including phenoxy) is 1. The molecule has 0 unspecified atom stereocenters. The Morgan fingerprint density at radius 2 is 1.44 bits per heavy atom. The van der Waals surface area contributed by atoms with Gasteiger partial charge in [-0.25, -0.2) is 9.18 Å². The van der Waals surface area contributed by atoms with Gasteiger partial charge in [-0.3, -0.25) is 9.59 Å². The van der Waals surface area contributed by atoms with Gasteiger partial charge in [0, 0.05) is 0 Å². The molecular weight excluding hydrogens is 223 g/mol. The summed E-state index contributed by atoms with van der Waals surface area (Å²) in [6.45, 7) is -1.28. The van der Waals surface area contributed by atoms with Crippen molar-refractivity contribution in [3.05, 3.63) is 0 Å². The third-order valence-corrected chi connectivity index (χ3v) is 0.789. The summed E-state index contributed by atoms with van der Waals surface area (Å²) in [5.41, 5.74) is 0. The number of alkyl halides is 1. The maximum Gasteiger partial charge on any atom is 0.335 e. The predicted molar refractivity (Wildman–Crippen MR) is 45.2 cm³/mol. The monoisotopic (exact) mass is 230 g/mol. The predicted octanol–water partition coefficient (Wildman–Crippen LogP) is -0.0759. The molecule has 0 amide bonds. The van der Waals surface area contributed by atoms with E-state index >= 15 is 0 Å². The molecule has 0 heterocycles. The van der Waals surface area contributed by atoms with Crippen molar-refractivity contribution in [2.75, 3.05) is 6.67 Å². The molecule has 16 heavy (non-hydrogen) atoms. The van der Waals surface area contributed by atoms with Gasteiger partial charge in [-0.15, -0.1) is 0 Å². The van der Waals surface area contributed by atoms with Gasteiger partial charge in [0.05, 0.1) is 12.1 Å². The maximum atomic E-state index is 10.5. The van der Waals surface area contributed by atoms with E-state index in [2.05, 4.69) is 4.74 Å². The third kappa shape index (κ3) is 14.1. The maximum absolute atomic E-state index is 10.5. The van der Waals surface area contributed by atoms with Crippen LogP contribution < -0.4 is 0 Å². The summed E-state index contributed by atoms with van der Waals surface area (Å²) in [5, 5.41) is 23.3. The van der Waals surface area contributed by atoms with Gasteiger partial charge in [-0.1, -0.05) is 0 Å². The molecule has 0 saturated carbocycles. The molecule has 0 aliphatic heterocycles. The fraction of sp³-hybridized carbons (Fsp3) is 0.375. The van der Waals surface area contributed by atoms with Crippen LogP contribution in [0.1, 0.15) is 12.8 Å². The number of aliphatic carboxylic acids is 1. The molecule has 0 radical (unpaired) electrons. The highest BCUT2D eigenvalue weighted by Crippen LogP contribution is 1.88. The first kappa shape index (κ1) is 16.0. The molecule has 0 spiro atoms. The zero-order valence-electron chi connectivity index (χ0n) is 7.97. The third-order valence-electron chi connectivity index (χ3n) is 0.789. The van der Waals surface area contributed by atoms with Crippen molar-refractivity contribution >= 4 is 17.9 Å². The van der Waals surface area contributed by atoms with Gasteiger partial charge in [0.1, 0.15) is 12.8 Å². The Hall–Kier alpha value is -2.48. The number of hydrogen-bond donors (Lipinski definition) is 1. The number of hydrogen-bond acceptors (Lipinski definition) is 6. The van der Waals surface area contributed by atoms with Crippen LogP contribution in [0, 0.1) is 22.7 Å².